The highest BCUT2D eigenvalue weighted by atomic mass is 35.5. The predicted octanol–water partition coefficient (Wildman–Crippen LogP) is 3.45. The fraction of sp³-hybridized carbons (Fsp3) is 0.300. The second-order valence-electron chi connectivity index (χ2n) is 6.94. The third kappa shape index (κ3) is 4.20. The number of sulfonamides is 1. The zero-order chi connectivity index (χ0) is 19.7. The Balaban J connectivity index is 0.00000240. The van der Waals surface area contributed by atoms with Gasteiger partial charge in [-0.05, 0) is 37.5 Å². The van der Waals surface area contributed by atoms with Gasteiger partial charge >= 0.3 is 0 Å². The summed E-state index contributed by atoms with van der Waals surface area (Å²) in [6.07, 6.45) is 1.40. The number of hydrogen-bond acceptors (Lipinski definition) is 6. The van der Waals surface area contributed by atoms with Gasteiger partial charge in [0.15, 0.2) is 0 Å². The van der Waals surface area contributed by atoms with Crippen LogP contribution in [0.4, 0.5) is 0 Å². The molecule has 29 heavy (non-hydrogen) atoms. The number of benzene rings is 2. The van der Waals surface area contributed by atoms with Crippen LogP contribution in [0.15, 0.2) is 57.9 Å². The molecule has 1 unspecified atom stereocenters. The summed E-state index contributed by atoms with van der Waals surface area (Å²) in [5.74, 6) is 0.768. The fourth-order valence-electron chi connectivity index (χ4n) is 3.40. The lowest BCUT2D eigenvalue weighted by molar-refractivity contribution is 0.290. The highest BCUT2D eigenvalue weighted by Gasteiger charge is 2.39. The Morgan fingerprint density at radius 1 is 1.14 bits per heavy atom. The molecule has 2 heterocycles. The van der Waals surface area contributed by atoms with Crippen LogP contribution in [-0.2, 0) is 16.6 Å². The summed E-state index contributed by atoms with van der Waals surface area (Å²) in [5, 5.41) is 4.05. The zero-order valence-electron chi connectivity index (χ0n) is 16.0. The van der Waals surface area contributed by atoms with Gasteiger partial charge in [-0.3, -0.25) is 0 Å². The normalized spacial score (nSPS) is 17.2. The number of nitrogens with zero attached hydrogens (tertiary/aromatic N) is 3. The van der Waals surface area contributed by atoms with Crippen LogP contribution in [0.3, 0.4) is 0 Å². The van der Waals surface area contributed by atoms with Gasteiger partial charge in [-0.15, -0.1) is 12.4 Å². The molecule has 0 aliphatic carbocycles. The van der Waals surface area contributed by atoms with E-state index in [2.05, 4.69) is 10.1 Å². The van der Waals surface area contributed by atoms with E-state index in [1.165, 1.54) is 4.31 Å². The Kier molecular flexibility index (Phi) is 6.38. The number of hydrogen-bond donors (Lipinski definition) is 1. The van der Waals surface area contributed by atoms with Crippen molar-refractivity contribution in [1.82, 2.24) is 14.4 Å². The number of nitrogens with two attached hydrogens (primary N) is 1. The van der Waals surface area contributed by atoms with E-state index < -0.39 is 16.1 Å². The summed E-state index contributed by atoms with van der Waals surface area (Å²) in [4.78, 5) is 4.75. The van der Waals surface area contributed by atoms with Crippen LogP contribution in [0.1, 0.15) is 35.9 Å². The lowest BCUT2D eigenvalue weighted by atomic mass is 10.1. The summed E-state index contributed by atoms with van der Waals surface area (Å²) in [5.41, 5.74) is 8.45. The molecule has 4 rings (SSSR count). The van der Waals surface area contributed by atoms with Crippen molar-refractivity contribution in [3.05, 3.63) is 65.5 Å². The van der Waals surface area contributed by atoms with Crippen molar-refractivity contribution >= 4 is 22.4 Å². The van der Waals surface area contributed by atoms with E-state index in [4.69, 9.17) is 10.3 Å². The maximum atomic E-state index is 13.1. The molecule has 2 N–H and O–H groups in total. The molecule has 0 spiro atoms. The average Bonchev–Trinajstić information content (AvgIpc) is 3.38. The lowest BCUT2D eigenvalue weighted by Crippen LogP contribution is -2.30. The van der Waals surface area contributed by atoms with Gasteiger partial charge in [0.05, 0.1) is 4.90 Å². The molecule has 9 heteroatoms. The molecule has 1 atom stereocenters. The molecular weight excluding hydrogens is 412 g/mol. The van der Waals surface area contributed by atoms with E-state index in [0.29, 0.717) is 31.2 Å². The highest BCUT2D eigenvalue weighted by molar-refractivity contribution is 7.89. The van der Waals surface area contributed by atoms with Crippen LogP contribution in [-0.4, -0.2) is 29.4 Å². The first kappa shape index (κ1) is 21.4. The highest BCUT2D eigenvalue weighted by Crippen LogP contribution is 2.36. The van der Waals surface area contributed by atoms with Crippen LogP contribution >= 0.6 is 12.4 Å². The maximum absolute atomic E-state index is 13.1. The second-order valence-corrected chi connectivity index (χ2v) is 8.83. The van der Waals surface area contributed by atoms with Gasteiger partial charge < -0.3 is 10.3 Å². The average molecular weight is 435 g/mol. The molecule has 1 saturated heterocycles. The van der Waals surface area contributed by atoms with Crippen LogP contribution in [0.2, 0.25) is 0 Å². The predicted molar refractivity (Wildman–Crippen MR) is 112 cm³/mol. The number of halogens is 1. The Hall–Kier alpha value is -2.26. The molecule has 1 aromatic heterocycles. The van der Waals surface area contributed by atoms with Crippen LogP contribution in [0, 0.1) is 6.92 Å². The standard InChI is InChI=1S/C20H22N4O3S.ClH/c1-14-4-10-17(11-5-14)28(25,26)24-12-2-3-18(24)20-22-19(23-27-20)16-8-6-15(13-21)7-9-16;/h4-11,18H,2-3,12-13,21H2,1H3;1H. The molecule has 1 aliphatic rings. The summed E-state index contributed by atoms with van der Waals surface area (Å²) in [6, 6.07) is 14.0. The Bertz CT molecular complexity index is 1070. The number of aryl methyl sites for hydroxylation is 1. The fourth-order valence-corrected chi connectivity index (χ4v) is 5.05. The van der Waals surface area contributed by atoms with Crippen molar-refractivity contribution < 1.29 is 12.9 Å². The van der Waals surface area contributed by atoms with E-state index in [1.54, 1.807) is 24.3 Å². The topological polar surface area (TPSA) is 102 Å². The van der Waals surface area contributed by atoms with E-state index >= 15 is 0 Å². The van der Waals surface area contributed by atoms with Gasteiger partial charge in [0.1, 0.15) is 6.04 Å². The minimum absolute atomic E-state index is 0. The van der Waals surface area contributed by atoms with Crippen LogP contribution < -0.4 is 5.73 Å². The van der Waals surface area contributed by atoms with Crippen LogP contribution in [0.25, 0.3) is 11.4 Å². The largest absolute Gasteiger partial charge is 0.337 e. The minimum Gasteiger partial charge on any atom is -0.337 e. The summed E-state index contributed by atoms with van der Waals surface area (Å²) in [7, 11) is -3.63. The SMILES string of the molecule is Cc1ccc(S(=O)(=O)N2CCCC2c2nc(-c3ccc(CN)cc3)no2)cc1.Cl. The molecule has 0 amide bonds. The van der Waals surface area contributed by atoms with Crippen molar-refractivity contribution in [2.24, 2.45) is 5.73 Å². The van der Waals surface area contributed by atoms with Gasteiger partial charge in [0.25, 0.3) is 0 Å². The minimum atomic E-state index is -3.63. The Labute approximate surface area is 176 Å². The molecule has 1 fully saturated rings. The van der Waals surface area contributed by atoms with Crippen molar-refractivity contribution in [3.8, 4) is 11.4 Å². The van der Waals surface area contributed by atoms with Gasteiger partial charge in [0.2, 0.25) is 21.7 Å². The molecule has 0 radical (unpaired) electrons. The molecule has 3 aromatic rings. The first-order valence-corrected chi connectivity index (χ1v) is 10.6. The van der Waals surface area contributed by atoms with Crippen molar-refractivity contribution in [2.75, 3.05) is 6.54 Å². The monoisotopic (exact) mass is 434 g/mol. The number of aromatic nitrogens is 2. The molecule has 1 aliphatic heterocycles. The van der Waals surface area contributed by atoms with Gasteiger partial charge in [-0.25, -0.2) is 8.42 Å². The molecular formula is C20H23ClN4O3S. The second kappa shape index (κ2) is 8.62. The quantitative estimate of drug-likeness (QED) is 0.659. The van der Waals surface area contributed by atoms with Gasteiger partial charge in [0, 0.05) is 18.7 Å². The summed E-state index contributed by atoms with van der Waals surface area (Å²) >= 11 is 0. The third-order valence-corrected chi connectivity index (χ3v) is 6.93. The first-order valence-electron chi connectivity index (χ1n) is 9.20. The smallest absolute Gasteiger partial charge is 0.245 e. The molecule has 0 saturated carbocycles. The number of rotatable bonds is 5. The molecule has 2 aromatic carbocycles. The molecule has 154 valence electrons. The third-order valence-electron chi connectivity index (χ3n) is 5.01. The van der Waals surface area contributed by atoms with E-state index in [-0.39, 0.29) is 17.3 Å². The van der Waals surface area contributed by atoms with Crippen molar-refractivity contribution in [1.29, 1.82) is 0 Å². The zero-order valence-corrected chi connectivity index (χ0v) is 17.6. The van der Waals surface area contributed by atoms with E-state index in [9.17, 15) is 8.42 Å². The van der Waals surface area contributed by atoms with E-state index in [1.807, 2.05) is 31.2 Å². The first-order chi connectivity index (χ1) is 13.5. The van der Waals surface area contributed by atoms with Gasteiger partial charge in [-0.1, -0.05) is 47.1 Å². The van der Waals surface area contributed by atoms with Crippen LogP contribution in [0.5, 0.6) is 0 Å². The summed E-state index contributed by atoms with van der Waals surface area (Å²) < 4.78 is 33.1. The van der Waals surface area contributed by atoms with E-state index in [0.717, 1.165) is 23.1 Å². The van der Waals surface area contributed by atoms with Crippen molar-refractivity contribution in [3.63, 3.8) is 0 Å². The molecule has 0 bridgehead atoms. The summed E-state index contributed by atoms with van der Waals surface area (Å²) in [6.45, 7) is 2.82. The van der Waals surface area contributed by atoms with Gasteiger partial charge in [-0.2, -0.15) is 9.29 Å². The maximum Gasteiger partial charge on any atom is 0.245 e. The Morgan fingerprint density at radius 2 is 1.83 bits per heavy atom. The lowest BCUT2D eigenvalue weighted by Gasteiger charge is -2.21. The Morgan fingerprint density at radius 3 is 2.48 bits per heavy atom. The van der Waals surface area contributed by atoms with Crippen molar-refractivity contribution in [2.45, 2.75) is 37.2 Å². The molecule has 7 nitrogen and oxygen atoms in total.